The molecule has 2 nitrogen and oxygen atoms in total. The number of aliphatic hydroxyl groups excluding tert-OH is 1. The molecule has 0 fully saturated rings. The highest BCUT2D eigenvalue weighted by molar-refractivity contribution is 6.36. The van der Waals surface area contributed by atoms with Gasteiger partial charge >= 0.3 is 0 Å². The molecular formula is C13H12Cl2O2. The number of aliphatic hydroxyl groups is 1. The van der Waals surface area contributed by atoms with Crippen molar-refractivity contribution < 1.29 is 9.52 Å². The second-order valence-corrected chi connectivity index (χ2v) is 4.59. The Morgan fingerprint density at radius 2 is 2.00 bits per heavy atom. The number of halogens is 2. The molecule has 1 aromatic carbocycles. The lowest BCUT2D eigenvalue weighted by Crippen LogP contribution is -1.91. The number of rotatable bonds is 3. The molecule has 0 aliphatic heterocycles. The molecule has 0 spiro atoms. The Bertz CT molecular complexity index is 520. The van der Waals surface area contributed by atoms with Crippen LogP contribution in [-0.2, 0) is 0 Å². The molecule has 1 atom stereocenters. The predicted octanol–water partition coefficient (Wildman–Crippen LogP) is 4.70. The van der Waals surface area contributed by atoms with Gasteiger partial charge in [-0.25, -0.2) is 0 Å². The Hall–Kier alpha value is -0.960. The van der Waals surface area contributed by atoms with Gasteiger partial charge in [-0.15, -0.1) is 0 Å². The average Bonchev–Trinajstić information content (AvgIpc) is 2.77. The fraction of sp³-hybridized carbons (Fsp3) is 0.231. The van der Waals surface area contributed by atoms with Gasteiger partial charge < -0.3 is 9.52 Å². The summed E-state index contributed by atoms with van der Waals surface area (Å²) in [6.45, 7) is 1.89. The Morgan fingerprint density at radius 1 is 1.24 bits per heavy atom. The maximum Gasteiger partial charge on any atom is 0.135 e. The number of benzene rings is 1. The van der Waals surface area contributed by atoms with Crippen LogP contribution in [0.15, 0.2) is 34.7 Å². The average molecular weight is 271 g/mol. The van der Waals surface area contributed by atoms with Crippen molar-refractivity contribution in [2.24, 2.45) is 0 Å². The molecule has 17 heavy (non-hydrogen) atoms. The maximum atomic E-state index is 9.66. The lowest BCUT2D eigenvalue weighted by molar-refractivity contribution is 0.147. The lowest BCUT2D eigenvalue weighted by Gasteiger charge is -2.04. The van der Waals surface area contributed by atoms with Gasteiger partial charge in [0.1, 0.15) is 17.6 Å². The summed E-state index contributed by atoms with van der Waals surface area (Å²) in [6.07, 6.45) is 0.0382. The zero-order valence-electron chi connectivity index (χ0n) is 9.28. The zero-order valence-corrected chi connectivity index (χ0v) is 10.8. The first-order valence-corrected chi connectivity index (χ1v) is 6.10. The van der Waals surface area contributed by atoms with E-state index in [1.165, 1.54) is 0 Å². The second kappa shape index (κ2) is 5.13. The molecule has 0 amide bonds. The van der Waals surface area contributed by atoms with Crippen molar-refractivity contribution in [2.45, 2.75) is 19.4 Å². The van der Waals surface area contributed by atoms with Crippen LogP contribution in [0.25, 0.3) is 11.3 Å². The van der Waals surface area contributed by atoms with E-state index in [-0.39, 0.29) is 0 Å². The van der Waals surface area contributed by atoms with Crippen LogP contribution in [0, 0.1) is 0 Å². The Morgan fingerprint density at radius 3 is 2.65 bits per heavy atom. The van der Waals surface area contributed by atoms with E-state index in [0.717, 1.165) is 5.56 Å². The van der Waals surface area contributed by atoms with Crippen molar-refractivity contribution in [1.82, 2.24) is 0 Å². The molecular weight excluding hydrogens is 259 g/mol. The van der Waals surface area contributed by atoms with E-state index >= 15 is 0 Å². The van der Waals surface area contributed by atoms with E-state index in [0.29, 0.717) is 28.0 Å². The molecule has 0 bridgehead atoms. The molecule has 2 rings (SSSR count). The largest absolute Gasteiger partial charge is 0.458 e. The molecule has 0 saturated carbocycles. The summed E-state index contributed by atoms with van der Waals surface area (Å²) in [4.78, 5) is 0. The van der Waals surface area contributed by atoms with E-state index in [9.17, 15) is 5.11 Å². The van der Waals surface area contributed by atoms with Crippen LogP contribution >= 0.6 is 23.2 Å². The molecule has 2 aromatic rings. The fourth-order valence-electron chi connectivity index (χ4n) is 1.57. The molecule has 90 valence electrons. The van der Waals surface area contributed by atoms with Crippen LogP contribution in [-0.4, -0.2) is 5.11 Å². The third-order valence-electron chi connectivity index (χ3n) is 2.54. The van der Waals surface area contributed by atoms with Crippen LogP contribution in [0.1, 0.15) is 25.2 Å². The molecule has 1 N–H and O–H groups in total. The van der Waals surface area contributed by atoms with Gasteiger partial charge in [0.15, 0.2) is 0 Å². The highest BCUT2D eigenvalue weighted by Gasteiger charge is 2.13. The Labute approximate surface area is 110 Å². The minimum Gasteiger partial charge on any atom is -0.458 e. The first-order valence-electron chi connectivity index (χ1n) is 5.35. The highest BCUT2D eigenvalue weighted by atomic mass is 35.5. The van der Waals surface area contributed by atoms with Crippen LogP contribution in [0.2, 0.25) is 10.0 Å². The lowest BCUT2D eigenvalue weighted by atomic mass is 10.2. The number of hydrogen-bond acceptors (Lipinski definition) is 2. The minimum atomic E-state index is -0.574. The molecule has 1 unspecified atom stereocenters. The van der Waals surface area contributed by atoms with Crippen molar-refractivity contribution in [1.29, 1.82) is 0 Å². The van der Waals surface area contributed by atoms with E-state index in [1.54, 1.807) is 30.3 Å². The van der Waals surface area contributed by atoms with Crippen molar-refractivity contribution in [3.05, 3.63) is 46.1 Å². The van der Waals surface area contributed by atoms with Crippen LogP contribution in [0.5, 0.6) is 0 Å². The summed E-state index contributed by atoms with van der Waals surface area (Å²) in [5.74, 6) is 1.18. The van der Waals surface area contributed by atoms with Crippen molar-refractivity contribution in [2.75, 3.05) is 0 Å². The molecule has 4 heteroatoms. The predicted molar refractivity (Wildman–Crippen MR) is 69.4 cm³/mol. The number of hydrogen-bond donors (Lipinski definition) is 1. The van der Waals surface area contributed by atoms with Crippen molar-refractivity contribution in [3.8, 4) is 11.3 Å². The summed E-state index contributed by atoms with van der Waals surface area (Å²) >= 11 is 11.9. The quantitative estimate of drug-likeness (QED) is 0.877. The van der Waals surface area contributed by atoms with Gasteiger partial charge in [-0.05, 0) is 36.8 Å². The Kier molecular flexibility index (Phi) is 3.77. The molecule has 0 radical (unpaired) electrons. The highest BCUT2D eigenvalue weighted by Crippen LogP contribution is 2.33. The van der Waals surface area contributed by atoms with Gasteiger partial charge in [-0.1, -0.05) is 30.1 Å². The summed E-state index contributed by atoms with van der Waals surface area (Å²) in [6, 6.07) is 8.77. The van der Waals surface area contributed by atoms with Gasteiger partial charge in [-0.3, -0.25) is 0 Å². The smallest absolute Gasteiger partial charge is 0.135 e. The first-order chi connectivity index (χ1) is 8.11. The van der Waals surface area contributed by atoms with E-state index in [1.807, 2.05) is 6.92 Å². The van der Waals surface area contributed by atoms with E-state index < -0.39 is 6.10 Å². The monoisotopic (exact) mass is 270 g/mol. The normalized spacial score (nSPS) is 12.7. The summed E-state index contributed by atoms with van der Waals surface area (Å²) < 4.78 is 5.57. The van der Waals surface area contributed by atoms with E-state index in [2.05, 4.69) is 0 Å². The van der Waals surface area contributed by atoms with Gasteiger partial charge in [0.05, 0.1) is 5.02 Å². The van der Waals surface area contributed by atoms with Crippen LogP contribution in [0.4, 0.5) is 0 Å². The second-order valence-electron chi connectivity index (χ2n) is 3.75. The van der Waals surface area contributed by atoms with Gasteiger partial charge in [-0.2, -0.15) is 0 Å². The summed E-state index contributed by atoms with van der Waals surface area (Å²) in [7, 11) is 0. The van der Waals surface area contributed by atoms with Crippen LogP contribution < -0.4 is 0 Å². The molecule has 0 aliphatic carbocycles. The Balaban J connectivity index is 2.37. The maximum absolute atomic E-state index is 9.66. The van der Waals surface area contributed by atoms with Crippen molar-refractivity contribution >= 4 is 23.2 Å². The third-order valence-corrected chi connectivity index (χ3v) is 3.09. The van der Waals surface area contributed by atoms with Gasteiger partial charge in [0.2, 0.25) is 0 Å². The third kappa shape index (κ3) is 2.65. The summed E-state index contributed by atoms with van der Waals surface area (Å²) in [5, 5.41) is 10.8. The molecule has 1 aromatic heterocycles. The van der Waals surface area contributed by atoms with Gasteiger partial charge in [0.25, 0.3) is 0 Å². The van der Waals surface area contributed by atoms with E-state index in [4.69, 9.17) is 27.6 Å². The standard InChI is InChI=1S/C13H12Cl2O2/c1-2-11(16)13-6-5-12(17-13)9-4-3-8(14)7-10(9)15/h3-7,11,16H,2H2,1H3. The fourth-order valence-corrected chi connectivity index (χ4v) is 2.07. The summed E-state index contributed by atoms with van der Waals surface area (Å²) in [5.41, 5.74) is 0.769. The van der Waals surface area contributed by atoms with Gasteiger partial charge in [0, 0.05) is 10.6 Å². The topological polar surface area (TPSA) is 33.4 Å². The zero-order chi connectivity index (χ0) is 12.4. The van der Waals surface area contributed by atoms with Crippen molar-refractivity contribution in [3.63, 3.8) is 0 Å². The number of furan rings is 1. The molecule has 0 saturated heterocycles. The molecule has 1 heterocycles. The molecule has 0 aliphatic rings. The first kappa shape index (κ1) is 12.5. The minimum absolute atomic E-state index is 0.532. The SMILES string of the molecule is CCC(O)c1ccc(-c2ccc(Cl)cc2Cl)o1. The van der Waals surface area contributed by atoms with Crippen LogP contribution in [0.3, 0.4) is 0 Å².